The molecule has 29 heavy (non-hydrogen) atoms. The molecule has 8 nitrogen and oxygen atoms in total. The minimum atomic E-state index is -0.580. The highest BCUT2D eigenvalue weighted by Gasteiger charge is 2.22. The standard InChI is InChI=1S/C21H19N5O3/c22-19(28)16-10-23-21(24-11-16)25-17-4-1-13-7-8-26(12-15(13)9-17)20(29)14-2-5-18(27)6-3-14/h1-6,9-11,27H,7-8,12H2,(H2,22,28)(H,23,24,25). The molecule has 0 spiro atoms. The minimum absolute atomic E-state index is 0.0700. The number of nitrogens with one attached hydrogen (secondary N) is 1. The van der Waals surface area contributed by atoms with Crippen LogP contribution in [-0.2, 0) is 13.0 Å². The second-order valence-electron chi connectivity index (χ2n) is 6.79. The third-order valence-electron chi connectivity index (χ3n) is 4.81. The average Bonchev–Trinajstić information content (AvgIpc) is 2.73. The van der Waals surface area contributed by atoms with Crippen LogP contribution in [0.3, 0.4) is 0 Å². The van der Waals surface area contributed by atoms with E-state index >= 15 is 0 Å². The average molecular weight is 389 g/mol. The van der Waals surface area contributed by atoms with Crippen LogP contribution in [0.2, 0.25) is 0 Å². The van der Waals surface area contributed by atoms with E-state index in [1.807, 2.05) is 18.2 Å². The Labute approximate surface area is 167 Å². The van der Waals surface area contributed by atoms with Crippen LogP contribution in [0.4, 0.5) is 11.6 Å². The van der Waals surface area contributed by atoms with E-state index in [0.29, 0.717) is 24.6 Å². The number of hydrogen-bond donors (Lipinski definition) is 3. The quantitative estimate of drug-likeness (QED) is 0.629. The zero-order chi connectivity index (χ0) is 20.4. The lowest BCUT2D eigenvalue weighted by Gasteiger charge is -2.29. The van der Waals surface area contributed by atoms with Crippen molar-refractivity contribution in [2.75, 3.05) is 11.9 Å². The predicted octanol–water partition coefficient (Wildman–Crippen LogP) is 2.22. The lowest BCUT2D eigenvalue weighted by Crippen LogP contribution is -2.35. The number of benzene rings is 2. The maximum absolute atomic E-state index is 12.8. The number of carbonyl (C=O) groups excluding carboxylic acids is 2. The number of aromatic nitrogens is 2. The summed E-state index contributed by atoms with van der Waals surface area (Å²) in [6.45, 7) is 1.13. The van der Waals surface area contributed by atoms with Gasteiger partial charge in [-0.1, -0.05) is 6.07 Å². The number of rotatable bonds is 4. The van der Waals surface area contributed by atoms with Crippen molar-refractivity contribution in [3.05, 3.63) is 77.1 Å². The molecule has 4 N–H and O–H groups in total. The molecule has 1 aliphatic rings. The number of amides is 2. The summed E-state index contributed by atoms with van der Waals surface area (Å²) in [6.07, 6.45) is 3.51. The zero-order valence-electron chi connectivity index (χ0n) is 15.5. The number of nitrogens with two attached hydrogens (primary N) is 1. The van der Waals surface area contributed by atoms with E-state index in [4.69, 9.17) is 5.73 Å². The molecule has 0 unspecified atom stereocenters. The summed E-state index contributed by atoms with van der Waals surface area (Å²) in [5.74, 6) is -0.168. The highest BCUT2D eigenvalue weighted by Crippen LogP contribution is 2.25. The van der Waals surface area contributed by atoms with Gasteiger partial charge in [-0.2, -0.15) is 0 Å². The number of aromatic hydroxyl groups is 1. The molecule has 0 fully saturated rings. The first-order valence-electron chi connectivity index (χ1n) is 9.08. The fourth-order valence-corrected chi connectivity index (χ4v) is 3.24. The van der Waals surface area contributed by atoms with Gasteiger partial charge in [0.15, 0.2) is 0 Å². The Morgan fingerprint density at radius 1 is 1.00 bits per heavy atom. The highest BCUT2D eigenvalue weighted by molar-refractivity contribution is 5.94. The third-order valence-corrected chi connectivity index (χ3v) is 4.81. The van der Waals surface area contributed by atoms with Crippen LogP contribution in [0, 0.1) is 0 Å². The molecule has 0 saturated heterocycles. The fourth-order valence-electron chi connectivity index (χ4n) is 3.24. The van der Waals surface area contributed by atoms with Crippen LogP contribution in [-0.4, -0.2) is 38.3 Å². The van der Waals surface area contributed by atoms with Crippen LogP contribution < -0.4 is 11.1 Å². The Morgan fingerprint density at radius 3 is 2.41 bits per heavy atom. The molecular weight excluding hydrogens is 370 g/mol. The van der Waals surface area contributed by atoms with Gasteiger partial charge in [-0.05, 0) is 53.9 Å². The molecule has 2 aromatic carbocycles. The Balaban J connectivity index is 1.50. The third kappa shape index (κ3) is 4.01. The van der Waals surface area contributed by atoms with E-state index in [1.54, 1.807) is 17.0 Å². The maximum Gasteiger partial charge on any atom is 0.254 e. The molecule has 2 amide bonds. The number of carbonyl (C=O) groups is 2. The summed E-state index contributed by atoms with van der Waals surface area (Å²) in [7, 11) is 0. The second kappa shape index (κ2) is 7.59. The van der Waals surface area contributed by atoms with Crippen molar-refractivity contribution in [2.45, 2.75) is 13.0 Å². The molecular formula is C21H19N5O3. The molecule has 1 aliphatic heterocycles. The van der Waals surface area contributed by atoms with Crippen molar-refractivity contribution in [2.24, 2.45) is 5.73 Å². The van der Waals surface area contributed by atoms with E-state index in [1.165, 1.54) is 30.1 Å². The molecule has 0 saturated carbocycles. The van der Waals surface area contributed by atoms with Gasteiger partial charge in [0.1, 0.15) is 5.75 Å². The second-order valence-corrected chi connectivity index (χ2v) is 6.79. The van der Waals surface area contributed by atoms with Crippen molar-refractivity contribution in [3.63, 3.8) is 0 Å². The van der Waals surface area contributed by atoms with Gasteiger partial charge in [0.25, 0.3) is 11.8 Å². The van der Waals surface area contributed by atoms with Crippen LogP contribution in [0.5, 0.6) is 5.75 Å². The van der Waals surface area contributed by atoms with Gasteiger partial charge in [-0.15, -0.1) is 0 Å². The number of fused-ring (bicyclic) bond motifs is 1. The summed E-state index contributed by atoms with van der Waals surface area (Å²) < 4.78 is 0. The summed E-state index contributed by atoms with van der Waals surface area (Å²) in [5.41, 5.74) is 9.00. The SMILES string of the molecule is NC(=O)c1cnc(Nc2ccc3c(c2)CN(C(=O)c2ccc(O)cc2)CC3)nc1. The fraction of sp³-hybridized carbons (Fsp3) is 0.143. The summed E-state index contributed by atoms with van der Waals surface area (Å²) >= 11 is 0. The van der Waals surface area contributed by atoms with Gasteiger partial charge in [0.2, 0.25) is 5.95 Å². The molecule has 1 aromatic heterocycles. The molecule has 0 aliphatic carbocycles. The Bertz CT molecular complexity index is 1060. The van der Waals surface area contributed by atoms with Crippen molar-refractivity contribution >= 4 is 23.5 Å². The number of primary amides is 1. The minimum Gasteiger partial charge on any atom is -0.508 e. The van der Waals surface area contributed by atoms with Gasteiger partial charge in [-0.3, -0.25) is 9.59 Å². The number of phenols is 1. The normalized spacial score (nSPS) is 12.9. The van der Waals surface area contributed by atoms with Gasteiger partial charge < -0.3 is 21.1 Å². The summed E-state index contributed by atoms with van der Waals surface area (Å²) in [5, 5.41) is 12.5. The first-order chi connectivity index (χ1) is 14.0. The van der Waals surface area contributed by atoms with Crippen LogP contribution in [0.1, 0.15) is 31.8 Å². The van der Waals surface area contributed by atoms with E-state index in [9.17, 15) is 14.7 Å². The maximum atomic E-state index is 12.8. The van der Waals surface area contributed by atoms with Gasteiger partial charge in [0, 0.05) is 36.7 Å². The van der Waals surface area contributed by atoms with E-state index in [0.717, 1.165) is 17.7 Å². The molecule has 0 bridgehead atoms. The highest BCUT2D eigenvalue weighted by atomic mass is 16.3. The molecule has 3 aromatic rings. The first kappa shape index (κ1) is 18.4. The van der Waals surface area contributed by atoms with E-state index < -0.39 is 5.91 Å². The number of hydrogen-bond acceptors (Lipinski definition) is 6. The monoisotopic (exact) mass is 389 g/mol. The predicted molar refractivity (Wildman–Crippen MR) is 107 cm³/mol. The topological polar surface area (TPSA) is 121 Å². The lowest BCUT2D eigenvalue weighted by molar-refractivity contribution is 0.0734. The van der Waals surface area contributed by atoms with E-state index in [2.05, 4.69) is 15.3 Å². The largest absolute Gasteiger partial charge is 0.508 e. The van der Waals surface area contributed by atoms with Crippen LogP contribution in [0.15, 0.2) is 54.9 Å². The van der Waals surface area contributed by atoms with Gasteiger partial charge in [0.05, 0.1) is 5.56 Å². The molecule has 2 heterocycles. The van der Waals surface area contributed by atoms with Crippen molar-refractivity contribution in [1.29, 1.82) is 0 Å². The van der Waals surface area contributed by atoms with Crippen molar-refractivity contribution in [3.8, 4) is 5.75 Å². The number of nitrogens with zero attached hydrogens (tertiary/aromatic N) is 3. The van der Waals surface area contributed by atoms with Gasteiger partial charge >= 0.3 is 0 Å². The molecule has 0 radical (unpaired) electrons. The Morgan fingerprint density at radius 2 is 1.72 bits per heavy atom. The van der Waals surface area contributed by atoms with E-state index in [-0.39, 0.29) is 17.2 Å². The summed E-state index contributed by atoms with van der Waals surface area (Å²) in [4.78, 5) is 33.8. The Kier molecular flexibility index (Phi) is 4.82. The van der Waals surface area contributed by atoms with Crippen molar-refractivity contribution in [1.82, 2.24) is 14.9 Å². The van der Waals surface area contributed by atoms with Crippen LogP contribution in [0.25, 0.3) is 0 Å². The zero-order valence-corrected chi connectivity index (χ0v) is 15.5. The molecule has 0 atom stereocenters. The number of phenolic OH excluding ortho intramolecular Hbond substituents is 1. The Hall–Kier alpha value is -3.94. The smallest absolute Gasteiger partial charge is 0.254 e. The van der Waals surface area contributed by atoms with Crippen molar-refractivity contribution < 1.29 is 14.7 Å². The molecule has 8 heteroatoms. The first-order valence-corrected chi connectivity index (χ1v) is 9.08. The lowest BCUT2D eigenvalue weighted by atomic mass is 9.98. The molecule has 4 rings (SSSR count). The van der Waals surface area contributed by atoms with Gasteiger partial charge in [-0.25, -0.2) is 9.97 Å². The summed E-state index contributed by atoms with van der Waals surface area (Å²) in [6, 6.07) is 12.2. The number of anilines is 2. The van der Waals surface area contributed by atoms with Crippen LogP contribution >= 0.6 is 0 Å². The molecule has 146 valence electrons.